The third-order valence-electron chi connectivity index (χ3n) is 5.47. The van der Waals surface area contributed by atoms with Gasteiger partial charge < -0.3 is 5.32 Å². The number of pyridine rings is 1. The van der Waals surface area contributed by atoms with E-state index in [-0.39, 0.29) is 17.1 Å². The fraction of sp³-hybridized carbons (Fsp3) is 0.304. The molecule has 0 aliphatic rings. The highest BCUT2D eigenvalue weighted by molar-refractivity contribution is 7.13. The lowest BCUT2D eigenvalue weighted by Crippen LogP contribution is -2.42. The molecule has 0 radical (unpaired) electrons. The van der Waals surface area contributed by atoms with Gasteiger partial charge in [0.25, 0.3) is 5.91 Å². The second-order valence-corrected chi connectivity index (χ2v) is 8.80. The maximum atomic E-state index is 12.8. The van der Waals surface area contributed by atoms with Gasteiger partial charge in [-0.2, -0.15) is 5.10 Å². The average molecular weight is 469 g/mol. The van der Waals surface area contributed by atoms with Crippen LogP contribution in [0.2, 0.25) is 5.15 Å². The van der Waals surface area contributed by atoms with Crippen LogP contribution in [0.4, 0.5) is 0 Å². The van der Waals surface area contributed by atoms with E-state index < -0.39 is 0 Å². The maximum absolute atomic E-state index is 12.8. The fourth-order valence-electron chi connectivity index (χ4n) is 3.70. The van der Waals surface area contributed by atoms with E-state index >= 15 is 0 Å². The zero-order valence-electron chi connectivity index (χ0n) is 18.2. The minimum absolute atomic E-state index is 0.182. The Bertz CT molecular complexity index is 1220. The SMILES string of the molecule is CCN(CC)C(C)CNC(=O)c1cc(Cl)nc(-c2cnn3ccc(-c4cccs4)nc23)c1. The summed E-state index contributed by atoms with van der Waals surface area (Å²) < 4.78 is 1.69. The molecule has 0 bridgehead atoms. The normalized spacial score (nSPS) is 12.4. The van der Waals surface area contributed by atoms with Gasteiger partial charge in [-0.1, -0.05) is 31.5 Å². The number of rotatable bonds is 8. The Morgan fingerprint density at radius 3 is 2.75 bits per heavy atom. The van der Waals surface area contributed by atoms with Crippen molar-refractivity contribution in [2.75, 3.05) is 19.6 Å². The molecule has 0 saturated carbocycles. The van der Waals surface area contributed by atoms with Crippen molar-refractivity contribution in [3.05, 3.63) is 58.8 Å². The number of fused-ring (bicyclic) bond motifs is 1. The maximum Gasteiger partial charge on any atom is 0.251 e. The van der Waals surface area contributed by atoms with E-state index in [9.17, 15) is 4.79 Å². The minimum Gasteiger partial charge on any atom is -0.350 e. The molecule has 0 aromatic carbocycles. The summed E-state index contributed by atoms with van der Waals surface area (Å²) in [6.45, 7) is 8.77. The van der Waals surface area contributed by atoms with Gasteiger partial charge in [0.05, 0.1) is 28.0 Å². The highest BCUT2D eigenvalue weighted by Crippen LogP contribution is 2.28. The quantitative estimate of drug-likeness (QED) is 0.381. The Kier molecular flexibility index (Phi) is 6.83. The van der Waals surface area contributed by atoms with Crippen molar-refractivity contribution >= 4 is 34.5 Å². The molecule has 0 aliphatic carbocycles. The van der Waals surface area contributed by atoms with Crippen LogP contribution in [-0.2, 0) is 0 Å². The highest BCUT2D eigenvalue weighted by atomic mass is 35.5. The van der Waals surface area contributed by atoms with Gasteiger partial charge in [-0.15, -0.1) is 11.3 Å². The summed E-state index contributed by atoms with van der Waals surface area (Å²) in [4.78, 5) is 25.4. The van der Waals surface area contributed by atoms with Crippen LogP contribution < -0.4 is 5.32 Å². The Balaban J connectivity index is 1.62. The van der Waals surface area contributed by atoms with Crippen LogP contribution in [0.1, 0.15) is 31.1 Å². The molecular weight excluding hydrogens is 444 g/mol. The zero-order chi connectivity index (χ0) is 22.7. The van der Waals surface area contributed by atoms with Crippen molar-refractivity contribution in [2.24, 2.45) is 0 Å². The molecule has 1 unspecified atom stereocenters. The average Bonchev–Trinajstić information content (AvgIpc) is 3.47. The van der Waals surface area contributed by atoms with Crippen molar-refractivity contribution in [3.8, 4) is 21.8 Å². The van der Waals surface area contributed by atoms with E-state index in [4.69, 9.17) is 16.6 Å². The van der Waals surface area contributed by atoms with E-state index in [0.29, 0.717) is 23.4 Å². The van der Waals surface area contributed by atoms with Crippen molar-refractivity contribution in [1.29, 1.82) is 0 Å². The standard InChI is InChI=1S/C23H25ClN6OS/c1-4-29(5-2)15(3)13-25-23(31)16-11-19(27-21(24)12-16)17-14-26-30-9-8-18(28-22(17)30)20-7-6-10-32-20/h6-12,14-15H,4-5,13H2,1-3H3,(H,25,31). The van der Waals surface area contributed by atoms with Crippen LogP contribution in [0.3, 0.4) is 0 Å². The summed E-state index contributed by atoms with van der Waals surface area (Å²) in [6.07, 6.45) is 3.57. The summed E-state index contributed by atoms with van der Waals surface area (Å²) in [6, 6.07) is 9.51. The molecule has 4 aromatic rings. The molecule has 4 heterocycles. The van der Waals surface area contributed by atoms with Gasteiger partial charge in [-0.05, 0) is 49.7 Å². The molecule has 0 fully saturated rings. The van der Waals surface area contributed by atoms with Gasteiger partial charge in [0.1, 0.15) is 5.15 Å². The van der Waals surface area contributed by atoms with E-state index in [0.717, 1.165) is 29.2 Å². The first-order valence-electron chi connectivity index (χ1n) is 10.6. The topological polar surface area (TPSA) is 75.4 Å². The summed E-state index contributed by atoms with van der Waals surface area (Å²) in [5, 5.41) is 9.66. The van der Waals surface area contributed by atoms with E-state index in [1.165, 1.54) is 0 Å². The first-order valence-corrected chi connectivity index (χ1v) is 11.8. The van der Waals surface area contributed by atoms with Crippen molar-refractivity contribution in [1.82, 2.24) is 29.8 Å². The Labute approximate surface area is 196 Å². The number of likely N-dealkylation sites (N-methyl/N-ethyl adjacent to an activating group) is 1. The summed E-state index contributed by atoms with van der Waals surface area (Å²) in [5.41, 5.74) is 3.26. The van der Waals surface area contributed by atoms with Crippen molar-refractivity contribution < 1.29 is 4.79 Å². The number of amides is 1. The molecule has 0 aliphatic heterocycles. The predicted molar refractivity (Wildman–Crippen MR) is 129 cm³/mol. The molecule has 1 atom stereocenters. The number of carbonyl (C=O) groups excluding carboxylic acids is 1. The number of aromatic nitrogens is 4. The third-order valence-corrected chi connectivity index (χ3v) is 6.55. The largest absolute Gasteiger partial charge is 0.350 e. The second kappa shape index (κ2) is 9.77. The van der Waals surface area contributed by atoms with Gasteiger partial charge >= 0.3 is 0 Å². The molecule has 7 nitrogen and oxygen atoms in total. The number of nitrogens with one attached hydrogen (secondary N) is 1. The number of thiophene rings is 1. The minimum atomic E-state index is -0.182. The van der Waals surface area contributed by atoms with Crippen LogP contribution in [0.15, 0.2) is 48.1 Å². The Morgan fingerprint density at radius 2 is 2.03 bits per heavy atom. The highest BCUT2D eigenvalue weighted by Gasteiger charge is 2.17. The van der Waals surface area contributed by atoms with Crippen LogP contribution in [-0.4, -0.2) is 56.1 Å². The molecule has 166 valence electrons. The van der Waals surface area contributed by atoms with Crippen LogP contribution >= 0.6 is 22.9 Å². The molecule has 1 N–H and O–H groups in total. The summed E-state index contributed by atoms with van der Waals surface area (Å²) >= 11 is 7.91. The summed E-state index contributed by atoms with van der Waals surface area (Å²) in [5.74, 6) is -0.182. The van der Waals surface area contributed by atoms with Crippen molar-refractivity contribution in [2.45, 2.75) is 26.8 Å². The molecule has 9 heteroatoms. The number of halogens is 1. The molecule has 4 rings (SSSR count). The lowest BCUT2D eigenvalue weighted by Gasteiger charge is -2.26. The first-order chi connectivity index (χ1) is 15.5. The number of hydrogen-bond donors (Lipinski definition) is 1. The Morgan fingerprint density at radius 1 is 1.22 bits per heavy atom. The smallest absolute Gasteiger partial charge is 0.251 e. The van der Waals surface area contributed by atoms with E-state index in [1.54, 1.807) is 34.2 Å². The molecule has 0 spiro atoms. The Hall–Kier alpha value is -2.81. The van der Waals surface area contributed by atoms with Gasteiger partial charge in [-0.3, -0.25) is 9.69 Å². The fourth-order valence-corrected chi connectivity index (χ4v) is 4.60. The monoisotopic (exact) mass is 468 g/mol. The second-order valence-electron chi connectivity index (χ2n) is 7.46. The van der Waals surface area contributed by atoms with Crippen molar-refractivity contribution in [3.63, 3.8) is 0 Å². The van der Waals surface area contributed by atoms with Gasteiger partial charge in [0, 0.05) is 24.3 Å². The number of hydrogen-bond acceptors (Lipinski definition) is 6. The van der Waals surface area contributed by atoms with Crippen LogP contribution in [0, 0.1) is 0 Å². The molecule has 4 aromatic heterocycles. The number of nitrogens with zero attached hydrogens (tertiary/aromatic N) is 5. The molecular formula is C23H25ClN6OS. The molecule has 1 amide bonds. The van der Waals surface area contributed by atoms with E-state index in [2.05, 4.69) is 41.1 Å². The molecule has 32 heavy (non-hydrogen) atoms. The number of carbonyl (C=O) groups is 1. The predicted octanol–water partition coefficient (Wildman–Crippen LogP) is 4.63. The van der Waals surface area contributed by atoms with E-state index in [1.807, 2.05) is 29.8 Å². The first kappa shape index (κ1) is 22.4. The van der Waals surface area contributed by atoms with Crippen LogP contribution in [0.5, 0.6) is 0 Å². The lowest BCUT2D eigenvalue weighted by molar-refractivity contribution is 0.0938. The molecule has 0 saturated heterocycles. The van der Waals surface area contributed by atoms with Crippen LogP contribution in [0.25, 0.3) is 27.5 Å². The van der Waals surface area contributed by atoms with Gasteiger partial charge in [-0.25, -0.2) is 14.5 Å². The lowest BCUT2D eigenvalue weighted by atomic mass is 10.1. The third kappa shape index (κ3) is 4.67. The zero-order valence-corrected chi connectivity index (χ0v) is 19.8. The summed E-state index contributed by atoms with van der Waals surface area (Å²) in [7, 11) is 0. The van der Waals surface area contributed by atoms with Gasteiger partial charge in [0.15, 0.2) is 5.65 Å². The van der Waals surface area contributed by atoms with Gasteiger partial charge in [0.2, 0.25) is 0 Å².